The van der Waals surface area contributed by atoms with Crippen LogP contribution >= 0.6 is 0 Å². The molecule has 11 heteroatoms. The highest BCUT2D eigenvalue weighted by Gasteiger charge is 2.53. The number of nitrogens with one attached hydrogen (secondary N) is 3. The summed E-state index contributed by atoms with van der Waals surface area (Å²) in [5.74, 6) is 5.36. The fraction of sp³-hybridized carbons (Fsp3) is 0.500. The first-order valence-corrected chi connectivity index (χ1v) is 15.8. The number of aliphatic hydroxyl groups is 1. The Morgan fingerprint density at radius 1 is 1.00 bits per heavy atom. The average Bonchev–Trinajstić information content (AvgIpc) is 3.45. The molecule has 0 radical (unpaired) electrons. The van der Waals surface area contributed by atoms with Crippen LogP contribution in [0, 0.1) is 11.8 Å². The zero-order chi connectivity index (χ0) is 31.4. The molecule has 4 N–H and O–H groups in total. The van der Waals surface area contributed by atoms with Crippen molar-refractivity contribution in [2.24, 2.45) is 0 Å². The van der Waals surface area contributed by atoms with E-state index in [9.17, 15) is 23.9 Å². The molecule has 0 unspecified atom stereocenters. The van der Waals surface area contributed by atoms with Crippen LogP contribution in [0.25, 0.3) is 0 Å². The molecule has 4 atom stereocenters. The molecule has 10 nitrogen and oxygen atoms in total. The quantitative estimate of drug-likeness (QED) is 0.326. The minimum absolute atomic E-state index is 0.119. The normalized spacial score (nSPS) is 25.7. The smallest absolute Gasteiger partial charge is 0.254 e. The number of alkyl halides is 1. The molecule has 2 aromatic carbocycles. The molecule has 3 amide bonds. The summed E-state index contributed by atoms with van der Waals surface area (Å²) in [5, 5.41) is 19.2. The molecule has 3 heterocycles. The van der Waals surface area contributed by atoms with Gasteiger partial charge in [0.25, 0.3) is 11.8 Å². The first kappa shape index (κ1) is 31.2. The van der Waals surface area contributed by atoms with E-state index in [0.29, 0.717) is 24.8 Å². The van der Waals surface area contributed by atoms with E-state index in [1.807, 2.05) is 12.1 Å². The van der Waals surface area contributed by atoms with Crippen LogP contribution in [-0.2, 0) is 20.9 Å². The number of hydrogen-bond donors (Lipinski definition) is 4. The van der Waals surface area contributed by atoms with Crippen molar-refractivity contribution in [3.05, 3.63) is 70.8 Å². The second-order valence-electron chi connectivity index (χ2n) is 12.5. The lowest BCUT2D eigenvalue weighted by atomic mass is 10.1. The van der Waals surface area contributed by atoms with Gasteiger partial charge >= 0.3 is 0 Å². The fourth-order valence-electron chi connectivity index (χ4n) is 6.13. The van der Waals surface area contributed by atoms with Gasteiger partial charge in [0.1, 0.15) is 11.8 Å². The Bertz CT molecular complexity index is 1450. The van der Waals surface area contributed by atoms with Crippen LogP contribution in [0.5, 0.6) is 0 Å². The van der Waals surface area contributed by atoms with E-state index in [1.165, 1.54) is 5.56 Å². The molecule has 6 rings (SSSR count). The minimum atomic E-state index is -1.36. The first-order chi connectivity index (χ1) is 21.8. The van der Waals surface area contributed by atoms with Gasteiger partial charge in [0, 0.05) is 68.4 Å². The third-order valence-electron chi connectivity index (χ3n) is 9.00. The third-order valence-corrected chi connectivity index (χ3v) is 9.00. The van der Waals surface area contributed by atoms with E-state index in [2.05, 4.69) is 44.8 Å². The Morgan fingerprint density at radius 2 is 1.67 bits per heavy atom. The number of halogens is 1. The monoisotopic (exact) mass is 617 g/mol. The van der Waals surface area contributed by atoms with Gasteiger partial charge in [0.15, 0.2) is 0 Å². The van der Waals surface area contributed by atoms with Crippen LogP contribution in [-0.4, -0.2) is 108 Å². The molecule has 0 aromatic heterocycles. The molecule has 2 aromatic rings. The Balaban J connectivity index is 1.02. The number of carbonyl (C=O) groups excluding carboxylic acids is 3. The standard InChI is InChI=1S/C34H40FN5O5/c35-27-17-30(36-19-27)32(42)38-28-18-29(40(22-28)33(43)34(44)11-12-34)20-37-31(41)26-9-7-24(8-10-26)2-1-23-3-5-25(6-4-23)21-39-13-15-45-16-14-39/h3-10,27-30,36,44H,11-22H2,(H,37,41)(H,38,42)/t27-,28+,29+,30-/m0/s1. The van der Waals surface area contributed by atoms with Crippen LogP contribution in [0.2, 0.25) is 0 Å². The van der Waals surface area contributed by atoms with Crippen molar-refractivity contribution in [1.82, 2.24) is 25.8 Å². The Morgan fingerprint density at radius 3 is 2.29 bits per heavy atom. The van der Waals surface area contributed by atoms with Gasteiger partial charge in [0.05, 0.1) is 25.3 Å². The molecule has 4 aliphatic rings. The summed E-state index contributed by atoms with van der Waals surface area (Å²) in [4.78, 5) is 42.6. The molecule has 1 saturated carbocycles. The molecular formula is C34H40FN5O5. The van der Waals surface area contributed by atoms with Gasteiger partial charge in [0.2, 0.25) is 5.91 Å². The van der Waals surface area contributed by atoms with Crippen molar-refractivity contribution in [2.45, 2.75) is 62.1 Å². The van der Waals surface area contributed by atoms with Crippen LogP contribution in [0.15, 0.2) is 48.5 Å². The maximum Gasteiger partial charge on any atom is 0.254 e. The van der Waals surface area contributed by atoms with Gasteiger partial charge in [-0.3, -0.25) is 19.3 Å². The summed E-state index contributed by atoms with van der Waals surface area (Å²) < 4.78 is 19.0. The molecular weight excluding hydrogens is 577 g/mol. The molecule has 0 bridgehead atoms. The van der Waals surface area contributed by atoms with Crippen LogP contribution in [0.3, 0.4) is 0 Å². The van der Waals surface area contributed by atoms with Crippen molar-refractivity contribution < 1.29 is 28.6 Å². The Labute approximate surface area is 262 Å². The zero-order valence-corrected chi connectivity index (χ0v) is 25.3. The van der Waals surface area contributed by atoms with Crippen LogP contribution < -0.4 is 16.0 Å². The Kier molecular flexibility index (Phi) is 9.47. The van der Waals surface area contributed by atoms with Crippen molar-refractivity contribution in [1.29, 1.82) is 0 Å². The number of benzene rings is 2. The second kappa shape index (κ2) is 13.7. The highest BCUT2D eigenvalue weighted by molar-refractivity contribution is 5.94. The largest absolute Gasteiger partial charge is 0.380 e. The van der Waals surface area contributed by atoms with Crippen molar-refractivity contribution in [2.75, 3.05) is 45.9 Å². The summed E-state index contributed by atoms with van der Waals surface area (Å²) in [5.41, 5.74) is 2.03. The minimum Gasteiger partial charge on any atom is -0.380 e. The number of morpholine rings is 1. The average molecular weight is 618 g/mol. The van der Waals surface area contributed by atoms with Gasteiger partial charge in [-0.15, -0.1) is 0 Å². The highest BCUT2D eigenvalue weighted by atomic mass is 19.1. The van der Waals surface area contributed by atoms with Gasteiger partial charge in [-0.25, -0.2) is 4.39 Å². The van der Waals surface area contributed by atoms with Gasteiger partial charge in [-0.2, -0.15) is 0 Å². The topological polar surface area (TPSA) is 123 Å². The summed E-state index contributed by atoms with van der Waals surface area (Å²) in [7, 11) is 0. The van der Waals surface area contributed by atoms with E-state index < -0.39 is 23.9 Å². The van der Waals surface area contributed by atoms with Crippen LogP contribution in [0.4, 0.5) is 4.39 Å². The second-order valence-corrected chi connectivity index (χ2v) is 12.5. The zero-order valence-electron chi connectivity index (χ0n) is 25.3. The lowest BCUT2D eigenvalue weighted by Gasteiger charge is -2.27. The number of carbonyl (C=O) groups is 3. The maximum atomic E-state index is 13.6. The summed E-state index contributed by atoms with van der Waals surface area (Å²) in [6.45, 7) is 4.89. The molecule has 3 aliphatic heterocycles. The van der Waals surface area contributed by atoms with Gasteiger partial charge in [-0.05, 0) is 61.2 Å². The highest BCUT2D eigenvalue weighted by Crippen LogP contribution is 2.38. The summed E-state index contributed by atoms with van der Waals surface area (Å²) >= 11 is 0. The Hall–Kier alpha value is -3.82. The number of ether oxygens (including phenoxy) is 1. The molecule has 4 fully saturated rings. The molecule has 0 spiro atoms. The number of likely N-dealkylation sites (tertiary alicyclic amines) is 1. The first-order valence-electron chi connectivity index (χ1n) is 15.8. The van der Waals surface area contributed by atoms with E-state index in [-0.39, 0.29) is 49.8 Å². The van der Waals surface area contributed by atoms with Gasteiger partial charge in [-0.1, -0.05) is 24.0 Å². The lowest BCUT2D eigenvalue weighted by molar-refractivity contribution is -0.143. The molecule has 45 heavy (non-hydrogen) atoms. The van der Waals surface area contributed by atoms with Gasteiger partial charge < -0.3 is 30.7 Å². The SMILES string of the molecule is O=C(NC[C@H]1C[C@@H](NC(=O)[C@@H]2C[C@H](F)CN2)CN1C(=O)C1(O)CC1)c1ccc(C#Cc2ccc(CN3CCOCC3)cc2)cc1. The molecule has 238 valence electrons. The fourth-order valence-corrected chi connectivity index (χ4v) is 6.13. The van der Waals surface area contributed by atoms with E-state index in [4.69, 9.17) is 4.74 Å². The van der Waals surface area contributed by atoms with E-state index in [0.717, 1.165) is 44.0 Å². The summed E-state index contributed by atoms with van der Waals surface area (Å²) in [6.07, 6.45) is 0.282. The lowest BCUT2D eigenvalue weighted by Crippen LogP contribution is -2.49. The maximum absolute atomic E-state index is 13.6. The number of nitrogens with zero attached hydrogens (tertiary/aromatic N) is 2. The molecule has 3 saturated heterocycles. The van der Waals surface area contributed by atoms with Crippen molar-refractivity contribution in [3.8, 4) is 11.8 Å². The summed E-state index contributed by atoms with van der Waals surface area (Å²) in [6, 6.07) is 13.9. The van der Waals surface area contributed by atoms with Crippen molar-refractivity contribution >= 4 is 17.7 Å². The third kappa shape index (κ3) is 7.89. The van der Waals surface area contributed by atoms with E-state index >= 15 is 0 Å². The number of amides is 3. The predicted octanol–water partition coefficient (Wildman–Crippen LogP) is 0.959. The number of rotatable bonds is 8. The van der Waals surface area contributed by atoms with Crippen molar-refractivity contribution in [3.63, 3.8) is 0 Å². The van der Waals surface area contributed by atoms with E-state index in [1.54, 1.807) is 29.2 Å². The molecule has 1 aliphatic carbocycles. The predicted molar refractivity (Wildman–Crippen MR) is 165 cm³/mol. The number of hydrogen-bond acceptors (Lipinski definition) is 7. The van der Waals surface area contributed by atoms with Crippen LogP contribution in [0.1, 0.15) is 52.7 Å².